The van der Waals surface area contributed by atoms with E-state index in [0.717, 1.165) is 0 Å². The van der Waals surface area contributed by atoms with Gasteiger partial charge in [-0.25, -0.2) is 4.39 Å². The van der Waals surface area contributed by atoms with Crippen LogP contribution < -0.4 is 10.5 Å². The van der Waals surface area contributed by atoms with Crippen molar-refractivity contribution < 1.29 is 14.2 Å². The lowest BCUT2D eigenvalue weighted by Crippen LogP contribution is -2.05. The van der Waals surface area contributed by atoms with Crippen LogP contribution in [0.2, 0.25) is 5.02 Å². The monoisotopic (exact) mass is 219 g/mol. The first kappa shape index (κ1) is 11.1. The van der Waals surface area contributed by atoms with Crippen LogP contribution in [0, 0.1) is 5.82 Å². The van der Waals surface area contributed by atoms with Crippen LogP contribution in [0.5, 0.6) is 11.5 Å². The van der Waals surface area contributed by atoms with Gasteiger partial charge in [0.15, 0.2) is 5.82 Å². The lowest BCUT2D eigenvalue weighted by atomic mass is 10.1. The molecule has 0 fully saturated rings. The minimum Gasteiger partial charge on any atom is -0.507 e. The molecule has 5 heteroatoms. The zero-order valence-electron chi connectivity index (χ0n) is 7.68. The molecule has 0 aromatic heterocycles. The highest BCUT2D eigenvalue weighted by molar-refractivity contribution is 6.32. The molecule has 0 aliphatic rings. The average Bonchev–Trinajstić information content (AvgIpc) is 2.18. The van der Waals surface area contributed by atoms with E-state index in [0.29, 0.717) is 0 Å². The summed E-state index contributed by atoms with van der Waals surface area (Å²) in [7, 11) is 1.35. The maximum Gasteiger partial charge on any atom is 0.152 e. The number of phenolic OH excluding ortho intramolecular Hbond substituents is 1. The predicted molar refractivity (Wildman–Crippen MR) is 52.4 cm³/mol. The molecule has 0 saturated heterocycles. The quantitative estimate of drug-likeness (QED) is 0.814. The molecule has 0 unspecified atom stereocenters. The SMILES string of the molecule is COc1cc(O)c(CCN)c(F)c1Cl. The summed E-state index contributed by atoms with van der Waals surface area (Å²) in [4.78, 5) is 0. The Hall–Kier alpha value is -1.00. The molecular formula is C9H11ClFNO2. The van der Waals surface area contributed by atoms with Gasteiger partial charge in [-0.3, -0.25) is 0 Å². The molecule has 0 atom stereocenters. The third-order valence-electron chi connectivity index (χ3n) is 1.87. The Labute approximate surface area is 86.2 Å². The average molecular weight is 220 g/mol. The van der Waals surface area contributed by atoms with E-state index in [1.165, 1.54) is 13.2 Å². The van der Waals surface area contributed by atoms with Crippen LogP contribution in [-0.2, 0) is 6.42 Å². The van der Waals surface area contributed by atoms with E-state index in [4.69, 9.17) is 22.1 Å². The summed E-state index contributed by atoms with van der Waals surface area (Å²) < 4.78 is 18.2. The zero-order valence-corrected chi connectivity index (χ0v) is 8.44. The molecule has 0 amide bonds. The molecule has 0 aliphatic heterocycles. The smallest absolute Gasteiger partial charge is 0.152 e. The van der Waals surface area contributed by atoms with Crippen LogP contribution in [0.15, 0.2) is 6.07 Å². The fraction of sp³-hybridized carbons (Fsp3) is 0.333. The standard InChI is InChI=1S/C9H11ClFNO2/c1-14-7-4-6(13)5(2-3-12)9(11)8(7)10/h4,13H,2-3,12H2,1H3. The first-order chi connectivity index (χ1) is 6.61. The van der Waals surface area contributed by atoms with Gasteiger partial charge in [0.25, 0.3) is 0 Å². The molecule has 0 bridgehead atoms. The van der Waals surface area contributed by atoms with Gasteiger partial charge in [0.05, 0.1) is 7.11 Å². The molecule has 3 N–H and O–H groups in total. The summed E-state index contributed by atoms with van der Waals surface area (Å²) >= 11 is 5.65. The highest BCUT2D eigenvalue weighted by Gasteiger charge is 2.16. The summed E-state index contributed by atoms with van der Waals surface area (Å²) in [5.41, 5.74) is 5.39. The molecule has 0 saturated carbocycles. The fourth-order valence-corrected chi connectivity index (χ4v) is 1.40. The normalized spacial score (nSPS) is 10.3. The van der Waals surface area contributed by atoms with Gasteiger partial charge in [-0.15, -0.1) is 0 Å². The number of hydrogen-bond donors (Lipinski definition) is 2. The van der Waals surface area contributed by atoms with Crippen molar-refractivity contribution in [1.29, 1.82) is 0 Å². The number of rotatable bonds is 3. The fourth-order valence-electron chi connectivity index (χ4n) is 1.16. The second-order valence-corrected chi connectivity index (χ2v) is 3.12. The highest BCUT2D eigenvalue weighted by Crippen LogP contribution is 2.35. The Morgan fingerprint density at radius 3 is 2.79 bits per heavy atom. The summed E-state index contributed by atoms with van der Waals surface area (Å²) in [6.07, 6.45) is 0.237. The maximum absolute atomic E-state index is 13.5. The first-order valence-electron chi connectivity index (χ1n) is 4.05. The van der Waals surface area contributed by atoms with Crippen LogP contribution in [0.25, 0.3) is 0 Å². The molecule has 0 spiro atoms. The third kappa shape index (κ3) is 1.91. The van der Waals surface area contributed by atoms with E-state index < -0.39 is 5.82 Å². The summed E-state index contributed by atoms with van der Waals surface area (Å²) in [5.74, 6) is -0.745. The van der Waals surface area contributed by atoms with Crippen LogP contribution in [-0.4, -0.2) is 18.8 Å². The van der Waals surface area contributed by atoms with Crippen molar-refractivity contribution in [3.05, 3.63) is 22.5 Å². The Morgan fingerprint density at radius 2 is 2.29 bits per heavy atom. The van der Waals surface area contributed by atoms with Gasteiger partial charge >= 0.3 is 0 Å². The van der Waals surface area contributed by atoms with E-state index in [-0.39, 0.29) is 35.1 Å². The number of nitrogens with two attached hydrogens (primary N) is 1. The van der Waals surface area contributed by atoms with Gasteiger partial charge in [-0.05, 0) is 13.0 Å². The number of aromatic hydroxyl groups is 1. The summed E-state index contributed by atoms with van der Waals surface area (Å²) in [5, 5.41) is 9.29. The largest absolute Gasteiger partial charge is 0.507 e. The van der Waals surface area contributed by atoms with Crippen LogP contribution in [0.4, 0.5) is 4.39 Å². The zero-order chi connectivity index (χ0) is 10.7. The van der Waals surface area contributed by atoms with Gasteiger partial charge in [0.1, 0.15) is 16.5 Å². The highest BCUT2D eigenvalue weighted by atomic mass is 35.5. The Bertz CT molecular complexity index is 344. The number of hydrogen-bond acceptors (Lipinski definition) is 3. The maximum atomic E-state index is 13.5. The second-order valence-electron chi connectivity index (χ2n) is 2.74. The number of phenols is 1. The van der Waals surface area contributed by atoms with E-state index in [1.54, 1.807) is 0 Å². The van der Waals surface area contributed by atoms with Crippen LogP contribution in [0.3, 0.4) is 0 Å². The number of methoxy groups -OCH3 is 1. The third-order valence-corrected chi connectivity index (χ3v) is 2.22. The molecule has 3 nitrogen and oxygen atoms in total. The summed E-state index contributed by atoms with van der Waals surface area (Å²) in [6.45, 7) is 0.243. The van der Waals surface area contributed by atoms with E-state index >= 15 is 0 Å². The van der Waals surface area contributed by atoms with Crippen LogP contribution >= 0.6 is 11.6 Å². The van der Waals surface area contributed by atoms with Gasteiger partial charge in [0.2, 0.25) is 0 Å². The number of halogens is 2. The Balaban J connectivity index is 3.26. The molecule has 1 aromatic rings. The molecule has 78 valence electrons. The molecule has 0 heterocycles. The van der Waals surface area contributed by atoms with E-state index in [9.17, 15) is 9.50 Å². The molecule has 1 aromatic carbocycles. The van der Waals surface area contributed by atoms with Gasteiger partial charge in [-0.2, -0.15) is 0 Å². The van der Waals surface area contributed by atoms with Crippen molar-refractivity contribution in [1.82, 2.24) is 0 Å². The molecule has 14 heavy (non-hydrogen) atoms. The van der Waals surface area contributed by atoms with E-state index in [1.807, 2.05) is 0 Å². The van der Waals surface area contributed by atoms with Crippen molar-refractivity contribution in [3.8, 4) is 11.5 Å². The molecule has 0 aliphatic carbocycles. The molecule has 0 radical (unpaired) electrons. The van der Waals surface area contributed by atoms with Gasteiger partial charge in [-0.1, -0.05) is 11.6 Å². The minimum absolute atomic E-state index is 0.113. The first-order valence-corrected chi connectivity index (χ1v) is 4.43. The van der Waals surface area contributed by atoms with Crippen molar-refractivity contribution in [2.45, 2.75) is 6.42 Å². The van der Waals surface area contributed by atoms with Crippen molar-refractivity contribution in [2.75, 3.05) is 13.7 Å². The number of ether oxygens (including phenoxy) is 1. The van der Waals surface area contributed by atoms with Crippen molar-refractivity contribution in [2.24, 2.45) is 5.73 Å². The topological polar surface area (TPSA) is 55.5 Å². The Morgan fingerprint density at radius 1 is 1.64 bits per heavy atom. The predicted octanol–water partition coefficient (Wildman–Crippen LogP) is 1.69. The van der Waals surface area contributed by atoms with Gasteiger partial charge in [0, 0.05) is 11.6 Å². The second kappa shape index (κ2) is 4.48. The Kier molecular flexibility index (Phi) is 3.55. The van der Waals surface area contributed by atoms with Crippen molar-refractivity contribution in [3.63, 3.8) is 0 Å². The minimum atomic E-state index is -0.672. The lowest BCUT2D eigenvalue weighted by Gasteiger charge is -2.09. The summed E-state index contributed by atoms with van der Waals surface area (Å²) in [6, 6.07) is 1.27. The van der Waals surface area contributed by atoms with Crippen molar-refractivity contribution >= 4 is 11.6 Å². The lowest BCUT2D eigenvalue weighted by molar-refractivity contribution is 0.400. The van der Waals surface area contributed by atoms with Gasteiger partial charge < -0.3 is 15.6 Å². The van der Waals surface area contributed by atoms with Crippen LogP contribution in [0.1, 0.15) is 5.56 Å². The molecular weight excluding hydrogens is 209 g/mol. The number of benzene rings is 1. The molecule has 1 rings (SSSR count). The van der Waals surface area contributed by atoms with E-state index in [2.05, 4.69) is 0 Å².